The molecule has 1 aliphatic rings. The molecule has 2 heteroatoms. The molecule has 0 amide bonds. The fraction of sp³-hybridized carbons (Fsp3) is 1.00. The molecule has 0 bridgehead atoms. The summed E-state index contributed by atoms with van der Waals surface area (Å²) in [4.78, 5) is 2.77. The van der Waals surface area contributed by atoms with Crippen molar-refractivity contribution in [3.63, 3.8) is 0 Å². The zero-order valence-corrected chi connectivity index (χ0v) is 12.6. The van der Waals surface area contributed by atoms with E-state index in [-0.39, 0.29) is 5.54 Å². The van der Waals surface area contributed by atoms with Crippen molar-refractivity contribution >= 4 is 0 Å². The molecular formula is C15H32N2. The van der Waals surface area contributed by atoms with E-state index in [9.17, 15) is 0 Å². The summed E-state index contributed by atoms with van der Waals surface area (Å²) in [5, 5.41) is 3.69. The van der Waals surface area contributed by atoms with E-state index in [0.29, 0.717) is 0 Å². The van der Waals surface area contributed by atoms with Crippen molar-refractivity contribution in [2.75, 3.05) is 13.1 Å². The molecule has 1 atom stereocenters. The highest BCUT2D eigenvalue weighted by Gasteiger charge is 2.33. The lowest BCUT2D eigenvalue weighted by atomic mass is 10.1. The van der Waals surface area contributed by atoms with Crippen LogP contribution in [-0.2, 0) is 0 Å². The van der Waals surface area contributed by atoms with Crippen LogP contribution in [0.15, 0.2) is 0 Å². The fourth-order valence-electron chi connectivity index (χ4n) is 2.47. The van der Waals surface area contributed by atoms with Gasteiger partial charge in [0.25, 0.3) is 0 Å². The molecule has 0 spiro atoms. The Bertz CT molecular complexity index is 203. The first kappa shape index (κ1) is 15.0. The van der Waals surface area contributed by atoms with Crippen LogP contribution in [0.4, 0.5) is 0 Å². The molecule has 0 aromatic heterocycles. The quantitative estimate of drug-likeness (QED) is 0.699. The van der Waals surface area contributed by atoms with Crippen molar-refractivity contribution in [1.82, 2.24) is 10.2 Å². The molecule has 0 aromatic carbocycles. The molecule has 17 heavy (non-hydrogen) atoms. The zero-order valence-electron chi connectivity index (χ0n) is 12.6. The van der Waals surface area contributed by atoms with E-state index in [2.05, 4.69) is 44.8 Å². The summed E-state index contributed by atoms with van der Waals surface area (Å²) in [7, 11) is 0. The highest BCUT2D eigenvalue weighted by molar-refractivity contribution is 4.90. The molecule has 1 saturated carbocycles. The molecule has 102 valence electrons. The maximum absolute atomic E-state index is 3.69. The van der Waals surface area contributed by atoms with Gasteiger partial charge in [-0.15, -0.1) is 0 Å². The van der Waals surface area contributed by atoms with E-state index in [4.69, 9.17) is 0 Å². The summed E-state index contributed by atoms with van der Waals surface area (Å²) in [6, 6.07) is 1.64. The summed E-state index contributed by atoms with van der Waals surface area (Å²) in [5.41, 5.74) is 0.243. The van der Waals surface area contributed by atoms with Gasteiger partial charge in [-0.25, -0.2) is 0 Å². The van der Waals surface area contributed by atoms with Crippen molar-refractivity contribution in [2.45, 2.75) is 84.3 Å². The topological polar surface area (TPSA) is 15.3 Å². The van der Waals surface area contributed by atoms with Gasteiger partial charge in [0.05, 0.1) is 0 Å². The first-order chi connectivity index (χ1) is 7.98. The van der Waals surface area contributed by atoms with Gasteiger partial charge in [-0.05, 0) is 53.0 Å². The van der Waals surface area contributed by atoms with Gasteiger partial charge in [0, 0.05) is 24.2 Å². The number of hydrogen-bond donors (Lipinski definition) is 1. The Labute approximate surface area is 108 Å². The average Bonchev–Trinajstić information content (AvgIpc) is 3.03. The first-order valence-corrected chi connectivity index (χ1v) is 7.48. The number of rotatable bonds is 8. The van der Waals surface area contributed by atoms with Crippen LogP contribution < -0.4 is 5.32 Å². The molecule has 0 saturated heterocycles. The second kappa shape index (κ2) is 6.75. The summed E-state index contributed by atoms with van der Waals surface area (Å²) < 4.78 is 0. The van der Waals surface area contributed by atoms with E-state index in [1.807, 2.05) is 0 Å². The zero-order chi connectivity index (χ0) is 12.9. The Kier molecular flexibility index (Phi) is 5.94. The third-order valence-electron chi connectivity index (χ3n) is 3.46. The van der Waals surface area contributed by atoms with Crippen LogP contribution in [0.25, 0.3) is 0 Å². The van der Waals surface area contributed by atoms with Gasteiger partial charge < -0.3 is 5.32 Å². The third kappa shape index (κ3) is 5.87. The predicted molar refractivity (Wildman–Crippen MR) is 76.5 cm³/mol. The Balaban J connectivity index is 2.49. The second-order valence-corrected chi connectivity index (χ2v) is 6.54. The Morgan fingerprint density at radius 1 is 1.18 bits per heavy atom. The van der Waals surface area contributed by atoms with Gasteiger partial charge in [-0.1, -0.05) is 20.3 Å². The van der Waals surface area contributed by atoms with Crippen LogP contribution in [0.1, 0.15) is 66.7 Å². The summed E-state index contributed by atoms with van der Waals surface area (Å²) >= 11 is 0. The van der Waals surface area contributed by atoms with Gasteiger partial charge in [0.1, 0.15) is 0 Å². The molecule has 1 N–H and O–H groups in total. The Morgan fingerprint density at radius 2 is 1.82 bits per heavy atom. The Hall–Kier alpha value is -0.0800. The van der Waals surface area contributed by atoms with E-state index >= 15 is 0 Å². The van der Waals surface area contributed by atoms with E-state index in [1.165, 1.54) is 38.6 Å². The lowest BCUT2D eigenvalue weighted by molar-refractivity contribution is 0.163. The first-order valence-electron chi connectivity index (χ1n) is 7.48. The second-order valence-electron chi connectivity index (χ2n) is 6.54. The van der Waals surface area contributed by atoms with Crippen molar-refractivity contribution in [3.8, 4) is 0 Å². The highest BCUT2D eigenvalue weighted by Crippen LogP contribution is 2.30. The van der Waals surface area contributed by atoms with E-state index in [0.717, 1.165) is 18.6 Å². The molecule has 0 aliphatic heterocycles. The van der Waals surface area contributed by atoms with Crippen LogP contribution in [0, 0.1) is 0 Å². The Morgan fingerprint density at radius 3 is 2.24 bits per heavy atom. The minimum absolute atomic E-state index is 0.243. The number of hydrogen-bond acceptors (Lipinski definition) is 2. The predicted octanol–water partition coefficient (Wildman–Crippen LogP) is 3.42. The van der Waals surface area contributed by atoms with Crippen molar-refractivity contribution in [1.29, 1.82) is 0 Å². The lowest BCUT2D eigenvalue weighted by Gasteiger charge is -2.34. The molecule has 1 unspecified atom stereocenters. The van der Waals surface area contributed by atoms with Gasteiger partial charge in [-0.3, -0.25) is 4.90 Å². The van der Waals surface area contributed by atoms with Crippen LogP contribution in [0.5, 0.6) is 0 Å². The van der Waals surface area contributed by atoms with Gasteiger partial charge >= 0.3 is 0 Å². The van der Waals surface area contributed by atoms with Crippen LogP contribution >= 0.6 is 0 Å². The number of nitrogens with zero attached hydrogens (tertiary/aromatic N) is 1. The minimum Gasteiger partial charge on any atom is -0.311 e. The molecule has 0 aromatic rings. The average molecular weight is 240 g/mol. The summed E-state index contributed by atoms with van der Waals surface area (Å²) in [6.45, 7) is 13.8. The van der Waals surface area contributed by atoms with Gasteiger partial charge in [-0.2, -0.15) is 0 Å². The van der Waals surface area contributed by atoms with Crippen molar-refractivity contribution in [3.05, 3.63) is 0 Å². The molecule has 1 aliphatic carbocycles. The molecule has 1 fully saturated rings. The van der Waals surface area contributed by atoms with Gasteiger partial charge in [0.15, 0.2) is 0 Å². The van der Waals surface area contributed by atoms with Crippen molar-refractivity contribution < 1.29 is 0 Å². The van der Waals surface area contributed by atoms with E-state index < -0.39 is 0 Å². The lowest BCUT2D eigenvalue weighted by Crippen LogP contribution is -2.48. The van der Waals surface area contributed by atoms with Crippen LogP contribution in [0.3, 0.4) is 0 Å². The molecule has 1 rings (SSSR count). The molecule has 2 nitrogen and oxygen atoms in total. The largest absolute Gasteiger partial charge is 0.311 e. The highest BCUT2D eigenvalue weighted by atomic mass is 15.2. The monoisotopic (exact) mass is 240 g/mol. The smallest absolute Gasteiger partial charge is 0.0223 e. The SMILES string of the molecule is CCCC(CNC(C)(C)C)N(CCC)C1CC1. The fourth-order valence-corrected chi connectivity index (χ4v) is 2.47. The van der Waals surface area contributed by atoms with E-state index in [1.54, 1.807) is 0 Å². The maximum atomic E-state index is 3.69. The van der Waals surface area contributed by atoms with Crippen LogP contribution in [0.2, 0.25) is 0 Å². The maximum Gasteiger partial charge on any atom is 0.0223 e. The summed E-state index contributed by atoms with van der Waals surface area (Å²) in [6.07, 6.45) is 6.76. The van der Waals surface area contributed by atoms with Crippen molar-refractivity contribution in [2.24, 2.45) is 0 Å². The number of nitrogens with one attached hydrogen (secondary N) is 1. The standard InChI is InChI=1S/C15H32N2/c1-6-8-14(12-16-15(3,4)5)17(11-7-2)13-9-10-13/h13-14,16H,6-12H2,1-5H3. The van der Waals surface area contributed by atoms with Gasteiger partial charge in [0.2, 0.25) is 0 Å². The molecule has 0 heterocycles. The normalized spacial score (nSPS) is 18.7. The summed E-state index contributed by atoms with van der Waals surface area (Å²) in [5.74, 6) is 0. The minimum atomic E-state index is 0.243. The van der Waals surface area contributed by atoms with Crippen LogP contribution in [-0.4, -0.2) is 35.6 Å². The molecular weight excluding hydrogens is 208 g/mol. The third-order valence-corrected chi connectivity index (χ3v) is 3.46. The molecule has 0 radical (unpaired) electrons.